The van der Waals surface area contributed by atoms with Crippen molar-refractivity contribution in [1.82, 2.24) is 4.98 Å². The third-order valence-electron chi connectivity index (χ3n) is 3.28. The van der Waals surface area contributed by atoms with Crippen LogP contribution >= 0.6 is 0 Å². The quantitative estimate of drug-likeness (QED) is 0.906. The van der Waals surface area contributed by atoms with Gasteiger partial charge < -0.3 is 15.4 Å². The van der Waals surface area contributed by atoms with E-state index in [1.165, 1.54) is 5.56 Å². The van der Waals surface area contributed by atoms with Gasteiger partial charge in [0.2, 0.25) is 0 Å². The summed E-state index contributed by atoms with van der Waals surface area (Å²) in [5.74, 6) is 1.05. The molecular weight excluding hydrogens is 238 g/mol. The largest absolute Gasteiger partial charge is 0.366 e. The zero-order chi connectivity index (χ0) is 14.1. The molecule has 2 N–H and O–H groups in total. The van der Waals surface area contributed by atoms with Gasteiger partial charge >= 0.3 is 0 Å². The monoisotopic (exact) mass is 263 g/mol. The first-order chi connectivity index (χ1) is 8.83. The molecule has 4 nitrogen and oxygen atoms in total. The normalized spacial score (nSPS) is 21.4. The van der Waals surface area contributed by atoms with E-state index in [0.717, 1.165) is 25.3 Å². The molecular formula is C15H25N3O. The standard InChI is InChI=1S/C15H25N3O/c1-14(2)10-18(11-15(3,4)19-14)13-12(7-8-16)6-5-9-17-13/h5-6,9H,7-8,10-11,16H2,1-4H3. The molecule has 2 heterocycles. The van der Waals surface area contributed by atoms with Crippen molar-refractivity contribution in [2.24, 2.45) is 5.73 Å². The number of ether oxygens (including phenoxy) is 1. The Kier molecular flexibility index (Phi) is 3.83. The fourth-order valence-electron chi connectivity index (χ4n) is 3.00. The summed E-state index contributed by atoms with van der Waals surface area (Å²) < 4.78 is 6.12. The predicted molar refractivity (Wildman–Crippen MR) is 78.5 cm³/mol. The third kappa shape index (κ3) is 3.45. The zero-order valence-corrected chi connectivity index (χ0v) is 12.4. The lowest BCUT2D eigenvalue weighted by Crippen LogP contribution is -2.57. The van der Waals surface area contributed by atoms with Gasteiger partial charge in [-0.2, -0.15) is 0 Å². The lowest BCUT2D eigenvalue weighted by molar-refractivity contribution is -0.133. The van der Waals surface area contributed by atoms with Crippen LogP contribution < -0.4 is 10.6 Å². The van der Waals surface area contributed by atoms with Crippen molar-refractivity contribution in [2.45, 2.75) is 45.3 Å². The van der Waals surface area contributed by atoms with E-state index in [4.69, 9.17) is 10.5 Å². The topological polar surface area (TPSA) is 51.4 Å². The van der Waals surface area contributed by atoms with Crippen molar-refractivity contribution in [1.29, 1.82) is 0 Å². The number of nitrogens with zero attached hydrogens (tertiary/aromatic N) is 2. The number of aromatic nitrogens is 1. The molecule has 0 aromatic carbocycles. The maximum atomic E-state index is 6.12. The van der Waals surface area contributed by atoms with Gasteiger partial charge in [-0.05, 0) is 52.3 Å². The number of rotatable bonds is 3. The molecule has 1 aromatic rings. The summed E-state index contributed by atoms with van der Waals surface area (Å²) in [5.41, 5.74) is 6.58. The Balaban J connectivity index is 2.30. The van der Waals surface area contributed by atoms with Gasteiger partial charge in [-0.3, -0.25) is 0 Å². The highest BCUT2D eigenvalue weighted by molar-refractivity contribution is 5.48. The number of pyridine rings is 1. The molecule has 0 aliphatic carbocycles. The van der Waals surface area contributed by atoms with Crippen LogP contribution in [0.25, 0.3) is 0 Å². The second-order valence-corrected chi connectivity index (χ2v) is 6.50. The van der Waals surface area contributed by atoms with Gasteiger partial charge in [-0.1, -0.05) is 6.07 Å². The molecule has 1 aliphatic heterocycles. The number of morpholine rings is 1. The molecule has 2 rings (SSSR count). The van der Waals surface area contributed by atoms with E-state index < -0.39 is 0 Å². The second-order valence-electron chi connectivity index (χ2n) is 6.50. The van der Waals surface area contributed by atoms with E-state index in [-0.39, 0.29) is 11.2 Å². The molecule has 0 radical (unpaired) electrons. The molecule has 0 unspecified atom stereocenters. The molecule has 0 amide bonds. The molecule has 106 valence electrons. The molecule has 19 heavy (non-hydrogen) atoms. The maximum absolute atomic E-state index is 6.12. The van der Waals surface area contributed by atoms with Gasteiger partial charge in [0, 0.05) is 19.3 Å². The van der Waals surface area contributed by atoms with E-state index in [1.807, 2.05) is 12.3 Å². The van der Waals surface area contributed by atoms with Crippen LogP contribution in [0.3, 0.4) is 0 Å². The van der Waals surface area contributed by atoms with Crippen LogP contribution in [-0.2, 0) is 11.2 Å². The summed E-state index contributed by atoms with van der Waals surface area (Å²) in [5, 5.41) is 0. The molecule has 1 fully saturated rings. The van der Waals surface area contributed by atoms with Crippen LogP contribution in [0.15, 0.2) is 18.3 Å². The van der Waals surface area contributed by atoms with Crippen LogP contribution in [0, 0.1) is 0 Å². The Hall–Kier alpha value is -1.13. The summed E-state index contributed by atoms with van der Waals surface area (Å²) in [6.45, 7) is 10.9. The number of hydrogen-bond donors (Lipinski definition) is 1. The van der Waals surface area contributed by atoms with E-state index in [0.29, 0.717) is 6.54 Å². The molecule has 1 aromatic heterocycles. The van der Waals surface area contributed by atoms with Crippen molar-refractivity contribution in [3.8, 4) is 0 Å². The first-order valence-electron chi connectivity index (χ1n) is 6.92. The van der Waals surface area contributed by atoms with Crippen LogP contribution in [0.2, 0.25) is 0 Å². The number of anilines is 1. The summed E-state index contributed by atoms with van der Waals surface area (Å²) >= 11 is 0. The van der Waals surface area contributed by atoms with Crippen LogP contribution in [-0.4, -0.2) is 35.8 Å². The highest BCUT2D eigenvalue weighted by Gasteiger charge is 2.39. The SMILES string of the molecule is CC1(C)CN(c2ncccc2CCN)CC(C)(C)O1. The molecule has 1 saturated heterocycles. The van der Waals surface area contributed by atoms with Gasteiger partial charge in [0.15, 0.2) is 0 Å². The van der Waals surface area contributed by atoms with E-state index >= 15 is 0 Å². The van der Waals surface area contributed by atoms with Crippen molar-refractivity contribution >= 4 is 5.82 Å². The molecule has 1 aliphatic rings. The zero-order valence-electron chi connectivity index (χ0n) is 12.4. The molecule has 0 atom stereocenters. The minimum atomic E-state index is -0.167. The Morgan fingerprint density at radius 2 is 1.89 bits per heavy atom. The van der Waals surface area contributed by atoms with Gasteiger partial charge in [-0.15, -0.1) is 0 Å². The lowest BCUT2D eigenvalue weighted by Gasteiger charge is -2.48. The first-order valence-corrected chi connectivity index (χ1v) is 6.92. The summed E-state index contributed by atoms with van der Waals surface area (Å²) in [4.78, 5) is 6.89. The van der Waals surface area contributed by atoms with Gasteiger partial charge in [0.25, 0.3) is 0 Å². The molecule has 0 spiro atoms. The summed E-state index contributed by atoms with van der Waals surface area (Å²) in [6.07, 6.45) is 2.71. The Morgan fingerprint density at radius 1 is 1.26 bits per heavy atom. The van der Waals surface area contributed by atoms with E-state index in [2.05, 4.69) is 43.6 Å². The molecule has 0 bridgehead atoms. The first kappa shape index (κ1) is 14.3. The third-order valence-corrected chi connectivity index (χ3v) is 3.28. The molecule has 4 heteroatoms. The highest BCUT2D eigenvalue weighted by atomic mass is 16.5. The van der Waals surface area contributed by atoms with Crippen molar-refractivity contribution in [3.05, 3.63) is 23.9 Å². The second kappa shape index (κ2) is 5.10. The summed E-state index contributed by atoms with van der Waals surface area (Å²) in [7, 11) is 0. The Bertz CT molecular complexity index is 427. The van der Waals surface area contributed by atoms with E-state index in [9.17, 15) is 0 Å². The van der Waals surface area contributed by atoms with Crippen LogP contribution in [0.4, 0.5) is 5.82 Å². The molecule has 0 saturated carbocycles. The minimum Gasteiger partial charge on any atom is -0.366 e. The smallest absolute Gasteiger partial charge is 0.131 e. The fraction of sp³-hybridized carbons (Fsp3) is 0.667. The summed E-state index contributed by atoms with van der Waals surface area (Å²) in [6, 6.07) is 4.09. The lowest BCUT2D eigenvalue weighted by atomic mass is 9.98. The van der Waals surface area contributed by atoms with Gasteiger partial charge in [-0.25, -0.2) is 4.98 Å². The van der Waals surface area contributed by atoms with E-state index in [1.54, 1.807) is 0 Å². The minimum absolute atomic E-state index is 0.167. The van der Waals surface area contributed by atoms with Crippen molar-refractivity contribution in [3.63, 3.8) is 0 Å². The van der Waals surface area contributed by atoms with Crippen LogP contribution in [0.5, 0.6) is 0 Å². The van der Waals surface area contributed by atoms with Gasteiger partial charge in [0.1, 0.15) is 5.82 Å². The average molecular weight is 263 g/mol. The Labute approximate surface area is 116 Å². The number of hydrogen-bond acceptors (Lipinski definition) is 4. The van der Waals surface area contributed by atoms with Crippen molar-refractivity contribution in [2.75, 3.05) is 24.5 Å². The maximum Gasteiger partial charge on any atom is 0.131 e. The Morgan fingerprint density at radius 3 is 2.47 bits per heavy atom. The predicted octanol–water partition coefficient (Wildman–Crippen LogP) is 1.98. The fourth-order valence-corrected chi connectivity index (χ4v) is 3.00. The average Bonchev–Trinajstić information content (AvgIpc) is 2.26. The van der Waals surface area contributed by atoms with Crippen LogP contribution in [0.1, 0.15) is 33.3 Å². The number of nitrogens with two attached hydrogens (primary N) is 1. The highest BCUT2D eigenvalue weighted by Crippen LogP contribution is 2.31. The van der Waals surface area contributed by atoms with Crippen molar-refractivity contribution < 1.29 is 4.74 Å². The van der Waals surface area contributed by atoms with Gasteiger partial charge in [0.05, 0.1) is 11.2 Å².